The van der Waals surface area contributed by atoms with Gasteiger partial charge in [0.05, 0.1) is 16.2 Å². The summed E-state index contributed by atoms with van der Waals surface area (Å²) in [5.41, 5.74) is 0.771. The highest BCUT2D eigenvalue weighted by atomic mass is 32.2. The highest BCUT2D eigenvalue weighted by Gasteiger charge is 2.22. The van der Waals surface area contributed by atoms with Gasteiger partial charge >= 0.3 is 0 Å². The molecule has 1 aliphatic heterocycles. The highest BCUT2D eigenvalue weighted by molar-refractivity contribution is 8.15. The number of aromatic nitrogens is 1. The van der Waals surface area contributed by atoms with Crippen molar-refractivity contribution in [2.24, 2.45) is 4.99 Å². The van der Waals surface area contributed by atoms with Crippen molar-refractivity contribution in [3.8, 4) is 5.75 Å². The number of aromatic hydroxyl groups is 1. The van der Waals surface area contributed by atoms with Crippen molar-refractivity contribution in [3.05, 3.63) is 23.2 Å². The third kappa shape index (κ3) is 1.95. The van der Waals surface area contributed by atoms with Crippen LogP contribution in [0.1, 0.15) is 5.01 Å². The van der Waals surface area contributed by atoms with E-state index in [1.165, 1.54) is 23.1 Å². The Balaban J connectivity index is 2.00. The van der Waals surface area contributed by atoms with E-state index in [0.29, 0.717) is 15.8 Å². The minimum absolute atomic E-state index is 0.186. The molecule has 0 saturated carbocycles. The molecule has 1 N–H and O–H groups in total. The number of hydrogen-bond acceptors (Lipinski definition) is 7. The Hall–Kier alpha value is -1.60. The number of carbonyl (C=O) groups excluding carboxylic acids is 1. The van der Waals surface area contributed by atoms with Crippen molar-refractivity contribution in [3.63, 3.8) is 0 Å². The lowest BCUT2D eigenvalue weighted by Gasteiger charge is -2.03. The van der Waals surface area contributed by atoms with Crippen LogP contribution in [0.5, 0.6) is 5.75 Å². The van der Waals surface area contributed by atoms with E-state index in [4.69, 9.17) is 0 Å². The number of rotatable bonds is 2. The van der Waals surface area contributed by atoms with Crippen LogP contribution in [0.15, 0.2) is 23.2 Å². The zero-order chi connectivity index (χ0) is 12.7. The molecule has 5 nitrogen and oxygen atoms in total. The summed E-state index contributed by atoms with van der Waals surface area (Å²) in [5, 5.41) is 21.4. The molecule has 0 unspecified atom stereocenters. The van der Waals surface area contributed by atoms with Crippen LogP contribution in [-0.2, 0) is 4.79 Å². The smallest absolute Gasteiger partial charge is 0.149 e. The van der Waals surface area contributed by atoms with Crippen LogP contribution in [0.3, 0.4) is 0 Å². The number of thioether (sulfide) groups is 1. The summed E-state index contributed by atoms with van der Waals surface area (Å²) < 4.78 is 0.852. The number of phenols is 1. The number of thiazole rings is 1. The maximum absolute atomic E-state index is 10.7. The summed E-state index contributed by atoms with van der Waals surface area (Å²) in [6.07, 6.45) is 0. The zero-order valence-electron chi connectivity index (χ0n) is 8.99. The summed E-state index contributed by atoms with van der Waals surface area (Å²) in [4.78, 5) is 19.2. The van der Waals surface area contributed by atoms with E-state index in [1.807, 2.05) is 0 Å². The van der Waals surface area contributed by atoms with E-state index in [0.717, 1.165) is 10.2 Å². The van der Waals surface area contributed by atoms with Gasteiger partial charge in [0.2, 0.25) is 0 Å². The predicted octanol–water partition coefficient (Wildman–Crippen LogP) is 0.614. The molecule has 0 fully saturated rings. The first-order chi connectivity index (χ1) is 8.63. The molecule has 2 heterocycles. The number of benzene rings is 1. The minimum atomic E-state index is -1.16. The molecular weight excluding hydrogens is 272 g/mol. The maximum atomic E-state index is 10.7. The molecule has 18 heavy (non-hydrogen) atoms. The maximum Gasteiger partial charge on any atom is 0.149 e. The molecule has 0 aliphatic carbocycles. The number of phenolic OH excluding ortho intramolecular Hbond substituents is 1. The molecule has 3 rings (SSSR count). The van der Waals surface area contributed by atoms with Gasteiger partial charge in [-0.25, -0.2) is 4.98 Å². The third-order valence-corrected chi connectivity index (χ3v) is 4.69. The normalized spacial score (nSPS) is 19.1. The number of fused-ring (bicyclic) bond motifs is 1. The Morgan fingerprint density at radius 1 is 1.50 bits per heavy atom. The Labute approximate surface area is 110 Å². The van der Waals surface area contributed by atoms with Crippen molar-refractivity contribution < 1.29 is 15.0 Å². The number of carboxylic acid groups (broad SMARTS) is 1. The topological polar surface area (TPSA) is 85.6 Å². The van der Waals surface area contributed by atoms with Crippen molar-refractivity contribution >= 4 is 44.3 Å². The lowest BCUT2D eigenvalue weighted by molar-refractivity contribution is -0.306. The number of carboxylic acids is 1. The van der Waals surface area contributed by atoms with Crippen LogP contribution >= 0.6 is 23.1 Å². The zero-order valence-corrected chi connectivity index (χ0v) is 10.6. The number of aliphatic imine (C=N–C) groups is 1. The van der Waals surface area contributed by atoms with Gasteiger partial charge in [-0.2, -0.15) is 0 Å². The first-order valence-electron chi connectivity index (χ1n) is 5.15. The molecule has 1 atom stereocenters. The molecule has 7 heteroatoms. The minimum Gasteiger partial charge on any atom is -0.548 e. The fourth-order valence-corrected chi connectivity index (χ4v) is 3.71. The van der Waals surface area contributed by atoms with Crippen LogP contribution < -0.4 is 5.11 Å². The van der Waals surface area contributed by atoms with Gasteiger partial charge in [0.25, 0.3) is 0 Å². The van der Waals surface area contributed by atoms with E-state index in [2.05, 4.69) is 9.98 Å². The molecule has 1 aromatic carbocycles. The van der Waals surface area contributed by atoms with Gasteiger partial charge in [0.15, 0.2) is 0 Å². The van der Waals surface area contributed by atoms with Gasteiger partial charge in [-0.15, -0.1) is 23.1 Å². The largest absolute Gasteiger partial charge is 0.548 e. The molecule has 0 bridgehead atoms. The van der Waals surface area contributed by atoms with Gasteiger partial charge in [-0.3, -0.25) is 4.99 Å². The molecule has 1 aliphatic rings. The van der Waals surface area contributed by atoms with Crippen molar-refractivity contribution in [1.29, 1.82) is 0 Å². The average Bonchev–Trinajstić information content (AvgIpc) is 2.93. The van der Waals surface area contributed by atoms with E-state index >= 15 is 0 Å². The lowest BCUT2D eigenvalue weighted by atomic mass is 10.3. The fraction of sp³-hybridized carbons (Fsp3) is 0.182. The quantitative estimate of drug-likeness (QED) is 0.870. The van der Waals surface area contributed by atoms with Crippen LogP contribution in [0.2, 0.25) is 0 Å². The number of aliphatic carboxylic acids is 1. The van der Waals surface area contributed by atoms with Gasteiger partial charge < -0.3 is 15.0 Å². The molecule has 0 radical (unpaired) electrons. The number of carbonyl (C=O) groups is 1. The summed E-state index contributed by atoms with van der Waals surface area (Å²) in [5.74, 6) is -0.582. The summed E-state index contributed by atoms with van der Waals surface area (Å²) in [7, 11) is 0. The standard InChI is InChI=1S/C11H8N2O3S2/c14-5-1-2-6-8(3-5)18-10(12-6)9-13-7(4-17-9)11(15)16/h1-3,7,14H,4H2,(H,15,16)/p-1/t7-/m0/s1. The van der Waals surface area contributed by atoms with Crippen LogP contribution in [0.4, 0.5) is 0 Å². The molecule has 0 amide bonds. The molecule has 2 aromatic rings. The van der Waals surface area contributed by atoms with Gasteiger partial charge in [-0.1, -0.05) is 0 Å². The van der Waals surface area contributed by atoms with E-state index in [9.17, 15) is 15.0 Å². The molecule has 0 saturated heterocycles. The van der Waals surface area contributed by atoms with E-state index in [-0.39, 0.29) is 5.75 Å². The van der Waals surface area contributed by atoms with Gasteiger partial charge in [0.1, 0.15) is 21.8 Å². The summed E-state index contributed by atoms with van der Waals surface area (Å²) in [6.45, 7) is 0. The second-order valence-electron chi connectivity index (χ2n) is 3.75. The molecule has 0 spiro atoms. The van der Waals surface area contributed by atoms with Gasteiger partial charge in [0, 0.05) is 5.75 Å². The highest BCUT2D eigenvalue weighted by Crippen LogP contribution is 2.31. The third-order valence-electron chi connectivity index (χ3n) is 2.48. The Morgan fingerprint density at radius 2 is 2.33 bits per heavy atom. The first-order valence-corrected chi connectivity index (χ1v) is 6.95. The molecule has 92 valence electrons. The summed E-state index contributed by atoms with van der Waals surface area (Å²) >= 11 is 2.75. The van der Waals surface area contributed by atoms with E-state index < -0.39 is 12.0 Å². The van der Waals surface area contributed by atoms with Gasteiger partial charge in [-0.05, 0) is 18.2 Å². The number of hydrogen-bond donors (Lipinski definition) is 1. The van der Waals surface area contributed by atoms with Crippen LogP contribution in [-0.4, -0.2) is 32.9 Å². The SMILES string of the molecule is O=C([O-])[C@@H]1CSC(c2nc3ccc(O)cc3s2)=N1. The fourth-order valence-electron chi connectivity index (χ4n) is 1.62. The van der Waals surface area contributed by atoms with Crippen molar-refractivity contribution in [1.82, 2.24) is 4.98 Å². The summed E-state index contributed by atoms with van der Waals surface area (Å²) in [6, 6.07) is 4.14. The van der Waals surface area contributed by atoms with Crippen molar-refractivity contribution in [2.75, 3.05) is 5.75 Å². The second-order valence-corrected chi connectivity index (χ2v) is 5.79. The predicted molar refractivity (Wildman–Crippen MR) is 69.1 cm³/mol. The Bertz CT molecular complexity index is 665. The lowest BCUT2D eigenvalue weighted by Crippen LogP contribution is -2.34. The first kappa shape index (κ1) is 11.5. The molecular formula is C11H7N2O3S2-. The second kappa shape index (κ2) is 4.25. The molecule has 1 aromatic heterocycles. The Morgan fingerprint density at radius 3 is 3.06 bits per heavy atom. The Kier molecular flexibility index (Phi) is 2.71. The van der Waals surface area contributed by atoms with Crippen LogP contribution in [0, 0.1) is 0 Å². The average molecular weight is 279 g/mol. The van der Waals surface area contributed by atoms with Crippen molar-refractivity contribution in [2.45, 2.75) is 6.04 Å². The monoisotopic (exact) mass is 279 g/mol. The van der Waals surface area contributed by atoms with Crippen LogP contribution in [0.25, 0.3) is 10.2 Å². The van der Waals surface area contributed by atoms with E-state index in [1.54, 1.807) is 18.2 Å². The number of nitrogens with zero attached hydrogens (tertiary/aromatic N) is 2.